The maximum atomic E-state index is 14.3. The topological polar surface area (TPSA) is 175 Å². The second kappa shape index (κ2) is 14.4. The lowest BCUT2D eigenvalue weighted by Gasteiger charge is -2.26. The largest absolute Gasteiger partial charge is 0.493 e. The lowest BCUT2D eigenvalue weighted by Crippen LogP contribution is -2.47. The monoisotopic (exact) mass is 770 g/mol. The molecule has 0 bridgehead atoms. The predicted octanol–water partition coefficient (Wildman–Crippen LogP) is 3.81. The van der Waals surface area contributed by atoms with Gasteiger partial charge in [0.05, 0.1) is 64.1 Å². The number of fused-ring (bicyclic) bond motifs is 4. The third-order valence-corrected chi connectivity index (χ3v) is 10.3. The first kappa shape index (κ1) is 36.0. The molecule has 2 aromatic carbocycles. The minimum Gasteiger partial charge on any atom is -0.493 e. The van der Waals surface area contributed by atoms with Crippen LogP contribution in [0, 0.1) is 0 Å². The van der Waals surface area contributed by atoms with Crippen LogP contribution in [-0.2, 0) is 23.9 Å². The summed E-state index contributed by atoms with van der Waals surface area (Å²) in [5.41, 5.74) is 0.0775. The Morgan fingerprint density at radius 2 is 1.71 bits per heavy atom. The number of esters is 2. The number of Topliss-reactive ketones (excluding diaryl/α,β-unsaturated/α-hetero) is 1. The van der Waals surface area contributed by atoms with Crippen molar-refractivity contribution in [2.75, 3.05) is 76.8 Å². The molecule has 0 unspecified atom stereocenters. The molecule has 2 N–H and O–H groups in total. The van der Waals surface area contributed by atoms with Crippen molar-refractivity contribution in [1.82, 2.24) is 9.88 Å². The van der Waals surface area contributed by atoms with Crippen molar-refractivity contribution in [2.24, 2.45) is 0 Å². The van der Waals surface area contributed by atoms with Crippen LogP contribution < -0.4 is 29.2 Å². The zero-order chi connectivity index (χ0) is 36.6. The summed E-state index contributed by atoms with van der Waals surface area (Å²) in [6.45, 7) is 3.53. The van der Waals surface area contributed by atoms with Crippen LogP contribution >= 0.6 is 15.9 Å². The molecule has 3 aromatic rings. The summed E-state index contributed by atoms with van der Waals surface area (Å²) in [7, 11) is 5.64. The number of aromatic nitrogens is 1. The molecule has 272 valence electrons. The van der Waals surface area contributed by atoms with Gasteiger partial charge in [-0.15, -0.1) is 0 Å². The molecule has 1 fully saturated rings. The van der Waals surface area contributed by atoms with Crippen molar-refractivity contribution >= 4 is 67.7 Å². The first-order valence-electron chi connectivity index (χ1n) is 16.4. The van der Waals surface area contributed by atoms with E-state index in [0.29, 0.717) is 71.0 Å². The molecule has 0 spiro atoms. The van der Waals surface area contributed by atoms with Gasteiger partial charge in [0.25, 0.3) is 5.91 Å². The molecular weight excluding hydrogens is 732 g/mol. The molecule has 0 radical (unpaired) electrons. The standard InChI is InChI=1S/C35H39BrN4O11/c1-35(34(45)49-5)32(43)27-26-19(16-36)17-40(33(44)20-13-18-14-23(46-2)30(47-3)31(48-4)28(18)37-20)21(26)15-22(29(27)38-35)51-25(42)8-6-7-24(41)39-9-11-50-12-10-39/h13-15,19,37-38H,6-12,16-17H2,1-5H3/t19-,35-/m1/s1. The number of methoxy groups -OCH3 is 4. The number of anilines is 2. The van der Waals surface area contributed by atoms with Crippen molar-refractivity contribution in [3.63, 3.8) is 0 Å². The summed E-state index contributed by atoms with van der Waals surface area (Å²) in [4.78, 5) is 73.6. The number of nitrogens with zero attached hydrogens (tertiary/aromatic N) is 2. The number of rotatable bonds is 11. The number of benzene rings is 2. The number of H-pyrrole nitrogens is 1. The smallest absolute Gasteiger partial charge is 0.339 e. The molecule has 1 saturated heterocycles. The average molecular weight is 772 g/mol. The van der Waals surface area contributed by atoms with E-state index < -0.39 is 29.2 Å². The van der Waals surface area contributed by atoms with Crippen molar-refractivity contribution in [1.29, 1.82) is 0 Å². The van der Waals surface area contributed by atoms with Crippen LogP contribution in [0.25, 0.3) is 10.9 Å². The minimum atomic E-state index is -1.81. The van der Waals surface area contributed by atoms with E-state index in [1.165, 1.54) is 46.3 Å². The van der Waals surface area contributed by atoms with Gasteiger partial charge in [-0.3, -0.25) is 19.2 Å². The lowest BCUT2D eigenvalue weighted by molar-refractivity contribution is -0.143. The first-order chi connectivity index (χ1) is 24.5. The van der Waals surface area contributed by atoms with E-state index in [0.717, 1.165) is 0 Å². The van der Waals surface area contributed by atoms with Crippen molar-refractivity contribution in [3.05, 3.63) is 35.0 Å². The van der Waals surface area contributed by atoms with Gasteiger partial charge in [0.15, 0.2) is 22.8 Å². The molecule has 51 heavy (non-hydrogen) atoms. The molecule has 2 atom stereocenters. The van der Waals surface area contributed by atoms with Crippen LogP contribution in [0.2, 0.25) is 0 Å². The molecule has 3 aliphatic heterocycles. The number of carbonyl (C=O) groups excluding carboxylic acids is 5. The zero-order valence-corrected chi connectivity index (χ0v) is 30.5. The van der Waals surface area contributed by atoms with Gasteiger partial charge in [-0.25, -0.2) is 4.79 Å². The van der Waals surface area contributed by atoms with Gasteiger partial charge in [-0.2, -0.15) is 0 Å². The fraction of sp³-hybridized carbons (Fsp3) is 0.457. The Hall–Kier alpha value is -4.83. The molecule has 16 heteroatoms. The number of hydrogen-bond donors (Lipinski definition) is 2. The summed E-state index contributed by atoms with van der Waals surface area (Å²) in [5.74, 6) is -1.83. The molecule has 2 amide bonds. The fourth-order valence-corrected chi connectivity index (χ4v) is 7.43. The maximum Gasteiger partial charge on any atom is 0.339 e. The maximum absolute atomic E-state index is 14.3. The van der Waals surface area contributed by atoms with Gasteiger partial charge < -0.3 is 48.5 Å². The van der Waals surface area contributed by atoms with E-state index in [1.807, 2.05) is 0 Å². The summed E-state index contributed by atoms with van der Waals surface area (Å²) >= 11 is 3.55. The van der Waals surface area contributed by atoms with Gasteiger partial charge >= 0.3 is 11.9 Å². The predicted molar refractivity (Wildman–Crippen MR) is 188 cm³/mol. The Morgan fingerprint density at radius 1 is 0.980 bits per heavy atom. The number of amides is 2. The zero-order valence-electron chi connectivity index (χ0n) is 28.9. The van der Waals surface area contributed by atoms with Gasteiger partial charge in [-0.1, -0.05) is 15.9 Å². The van der Waals surface area contributed by atoms with Crippen LogP contribution in [0.5, 0.6) is 23.0 Å². The first-order valence-corrected chi connectivity index (χ1v) is 17.5. The Labute approximate surface area is 301 Å². The highest BCUT2D eigenvalue weighted by Gasteiger charge is 2.53. The highest BCUT2D eigenvalue weighted by atomic mass is 79.9. The second-order valence-electron chi connectivity index (χ2n) is 12.5. The number of morpholine rings is 1. The van der Waals surface area contributed by atoms with Crippen LogP contribution in [0.4, 0.5) is 11.4 Å². The lowest BCUT2D eigenvalue weighted by atomic mass is 9.89. The molecule has 0 saturated carbocycles. The highest BCUT2D eigenvalue weighted by molar-refractivity contribution is 9.09. The van der Waals surface area contributed by atoms with Crippen molar-refractivity contribution < 1.29 is 52.4 Å². The average Bonchev–Trinajstić information content (AvgIpc) is 3.82. The minimum absolute atomic E-state index is 0.0324. The molecule has 4 heterocycles. The molecule has 15 nitrogen and oxygen atoms in total. The van der Waals surface area contributed by atoms with Crippen LogP contribution in [0.1, 0.15) is 58.5 Å². The van der Waals surface area contributed by atoms with E-state index in [-0.39, 0.29) is 60.3 Å². The highest BCUT2D eigenvalue weighted by Crippen LogP contribution is 2.52. The van der Waals surface area contributed by atoms with E-state index >= 15 is 0 Å². The SMILES string of the molecule is COC(=O)[C@]1(C)Nc2c(OC(=O)CCCC(=O)N3CCOCC3)cc3c(c2C1=O)[C@H](CBr)CN3C(=O)c1cc2cc(OC)c(OC)c(OC)c2[nH]1. The van der Waals surface area contributed by atoms with Crippen molar-refractivity contribution in [3.8, 4) is 23.0 Å². The van der Waals surface area contributed by atoms with Gasteiger partial charge in [0, 0.05) is 55.2 Å². The third-order valence-electron chi connectivity index (χ3n) is 9.50. The molecule has 6 rings (SSSR count). The summed E-state index contributed by atoms with van der Waals surface area (Å²) in [5, 5.41) is 3.98. The van der Waals surface area contributed by atoms with E-state index in [9.17, 15) is 24.0 Å². The second-order valence-corrected chi connectivity index (χ2v) is 13.2. The number of ketones is 1. The molecule has 0 aliphatic carbocycles. The Kier molecular flexibility index (Phi) is 10.2. The van der Waals surface area contributed by atoms with Crippen molar-refractivity contribution in [2.45, 2.75) is 37.6 Å². The Bertz CT molecular complexity index is 1920. The van der Waals surface area contributed by atoms with E-state index in [1.54, 1.807) is 17.0 Å². The summed E-state index contributed by atoms with van der Waals surface area (Å²) in [6, 6.07) is 4.92. The van der Waals surface area contributed by atoms with Crippen LogP contribution in [0.3, 0.4) is 0 Å². The fourth-order valence-electron chi connectivity index (χ4n) is 6.90. The summed E-state index contributed by atoms with van der Waals surface area (Å²) in [6.07, 6.45) is 0.307. The number of nitrogens with one attached hydrogen (secondary N) is 2. The molecule has 3 aliphatic rings. The van der Waals surface area contributed by atoms with E-state index in [4.69, 9.17) is 28.4 Å². The molecule has 1 aromatic heterocycles. The third kappa shape index (κ3) is 6.24. The van der Waals surface area contributed by atoms with Gasteiger partial charge in [0.2, 0.25) is 17.4 Å². The Morgan fingerprint density at radius 3 is 2.35 bits per heavy atom. The van der Waals surface area contributed by atoms with Crippen LogP contribution in [0.15, 0.2) is 18.2 Å². The number of aromatic amines is 1. The number of hydrogen-bond acceptors (Lipinski definition) is 12. The van der Waals surface area contributed by atoms with Gasteiger partial charge in [0.1, 0.15) is 5.69 Å². The number of alkyl halides is 1. The van der Waals surface area contributed by atoms with Gasteiger partial charge in [-0.05, 0) is 31.0 Å². The van der Waals surface area contributed by atoms with E-state index in [2.05, 4.69) is 26.2 Å². The normalized spacial score (nSPS) is 19.3. The molecular formula is C35H39BrN4O11. The number of halogens is 1. The Balaban J connectivity index is 1.36. The van der Waals surface area contributed by atoms with Crippen LogP contribution in [-0.4, -0.2) is 112 Å². The number of ether oxygens (including phenoxy) is 6. The summed E-state index contributed by atoms with van der Waals surface area (Å²) < 4.78 is 32.7. The number of carbonyl (C=O) groups is 5. The quantitative estimate of drug-likeness (QED) is 0.125.